The third kappa shape index (κ3) is 4.14. The Kier molecular flexibility index (Phi) is 5.29. The lowest BCUT2D eigenvalue weighted by Gasteiger charge is -2.13. The van der Waals surface area contributed by atoms with Crippen molar-refractivity contribution in [3.63, 3.8) is 0 Å². The highest BCUT2D eigenvalue weighted by atomic mass is 79.9. The van der Waals surface area contributed by atoms with Gasteiger partial charge in [0.05, 0.1) is 0 Å². The number of rotatable bonds is 4. The summed E-state index contributed by atoms with van der Waals surface area (Å²) in [6.45, 7) is 4.10. The first-order chi connectivity index (χ1) is 7.52. The van der Waals surface area contributed by atoms with Crippen LogP contribution in [0.15, 0.2) is 22.7 Å². The number of carbonyl (C=O) groups is 1. The number of hydrogen-bond acceptors (Lipinski definition) is 1. The lowest BCUT2D eigenvalue weighted by Crippen LogP contribution is -2.32. The minimum Gasteiger partial charge on any atom is -0.350 e. The van der Waals surface area contributed by atoms with Gasteiger partial charge in [-0.3, -0.25) is 4.79 Å². The van der Waals surface area contributed by atoms with E-state index >= 15 is 0 Å². The van der Waals surface area contributed by atoms with Crippen LogP contribution in [0.5, 0.6) is 0 Å². The molecule has 0 radical (unpaired) electrons. The predicted octanol–water partition coefficient (Wildman–Crippen LogP) is 4.02. The molecule has 0 aliphatic rings. The van der Waals surface area contributed by atoms with Gasteiger partial charge in [0.1, 0.15) is 0 Å². The third-order valence-corrected chi connectivity index (χ3v) is 2.90. The Bertz CT molecular complexity index is 361. The molecule has 1 atom stereocenters. The molecule has 88 valence electrons. The summed E-state index contributed by atoms with van der Waals surface area (Å²) in [5.41, 5.74) is 0.585. The van der Waals surface area contributed by atoms with Crippen molar-refractivity contribution in [2.24, 2.45) is 0 Å². The van der Waals surface area contributed by atoms with E-state index in [2.05, 4.69) is 28.2 Å². The maximum Gasteiger partial charge on any atom is 0.251 e. The summed E-state index contributed by atoms with van der Waals surface area (Å²) in [5, 5.41) is 3.49. The molecule has 1 unspecified atom stereocenters. The molecular formula is C12H15BrClNO. The molecule has 0 bridgehead atoms. The number of carbonyl (C=O) groups excluding carboxylic acids is 1. The van der Waals surface area contributed by atoms with Gasteiger partial charge in [0.2, 0.25) is 0 Å². The molecule has 0 saturated carbocycles. The highest BCUT2D eigenvalue weighted by Crippen LogP contribution is 2.19. The van der Waals surface area contributed by atoms with Gasteiger partial charge >= 0.3 is 0 Å². The molecule has 2 nitrogen and oxygen atoms in total. The third-order valence-electron chi connectivity index (χ3n) is 2.22. The van der Waals surface area contributed by atoms with Crippen LogP contribution in [0.25, 0.3) is 0 Å². The van der Waals surface area contributed by atoms with Crippen molar-refractivity contribution in [1.82, 2.24) is 5.32 Å². The summed E-state index contributed by atoms with van der Waals surface area (Å²) in [4.78, 5) is 11.8. The minimum absolute atomic E-state index is 0.0795. The van der Waals surface area contributed by atoms with E-state index in [1.165, 1.54) is 0 Å². The van der Waals surface area contributed by atoms with Crippen LogP contribution in [0.2, 0.25) is 5.02 Å². The summed E-state index contributed by atoms with van der Waals surface area (Å²) in [6, 6.07) is 5.38. The van der Waals surface area contributed by atoms with Crippen LogP contribution in [0.3, 0.4) is 0 Å². The van der Waals surface area contributed by atoms with Gasteiger partial charge in [-0.05, 0) is 31.5 Å². The lowest BCUT2D eigenvalue weighted by molar-refractivity contribution is 0.0938. The Balaban J connectivity index is 2.72. The molecule has 16 heavy (non-hydrogen) atoms. The zero-order chi connectivity index (χ0) is 12.1. The summed E-state index contributed by atoms with van der Waals surface area (Å²) >= 11 is 9.20. The Hall–Kier alpha value is -0.540. The van der Waals surface area contributed by atoms with Crippen LogP contribution in [-0.4, -0.2) is 11.9 Å². The van der Waals surface area contributed by atoms with Crippen LogP contribution >= 0.6 is 27.5 Å². The second-order valence-corrected chi connectivity index (χ2v) is 5.17. The fraction of sp³-hybridized carbons (Fsp3) is 0.417. The highest BCUT2D eigenvalue weighted by molar-refractivity contribution is 9.10. The largest absolute Gasteiger partial charge is 0.350 e. The zero-order valence-electron chi connectivity index (χ0n) is 9.39. The van der Waals surface area contributed by atoms with Crippen molar-refractivity contribution in [3.05, 3.63) is 33.3 Å². The first-order valence-corrected chi connectivity index (χ1v) is 6.47. The van der Waals surface area contributed by atoms with Crippen molar-refractivity contribution in [2.45, 2.75) is 32.7 Å². The number of amides is 1. The maximum atomic E-state index is 11.8. The first-order valence-electron chi connectivity index (χ1n) is 5.30. The van der Waals surface area contributed by atoms with Crippen molar-refractivity contribution in [2.75, 3.05) is 0 Å². The molecule has 0 fully saturated rings. The number of benzene rings is 1. The van der Waals surface area contributed by atoms with E-state index in [4.69, 9.17) is 11.6 Å². The first kappa shape index (κ1) is 13.5. The second kappa shape index (κ2) is 6.26. The van der Waals surface area contributed by atoms with E-state index in [0.717, 1.165) is 17.3 Å². The number of hydrogen-bond donors (Lipinski definition) is 1. The summed E-state index contributed by atoms with van der Waals surface area (Å²) < 4.78 is 0.813. The van der Waals surface area contributed by atoms with E-state index in [1.54, 1.807) is 18.2 Å². The van der Waals surface area contributed by atoms with Gasteiger partial charge in [-0.25, -0.2) is 0 Å². The monoisotopic (exact) mass is 303 g/mol. The number of nitrogens with one attached hydrogen (secondary N) is 1. The molecule has 0 heterocycles. The Morgan fingerprint density at radius 1 is 1.50 bits per heavy atom. The van der Waals surface area contributed by atoms with Gasteiger partial charge in [-0.1, -0.05) is 40.9 Å². The maximum absolute atomic E-state index is 11.8. The van der Waals surface area contributed by atoms with Crippen LogP contribution in [-0.2, 0) is 0 Å². The summed E-state index contributed by atoms with van der Waals surface area (Å²) in [5.74, 6) is -0.0795. The van der Waals surface area contributed by atoms with Crippen molar-refractivity contribution < 1.29 is 4.79 Å². The van der Waals surface area contributed by atoms with Crippen LogP contribution in [0.4, 0.5) is 0 Å². The van der Waals surface area contributed by atoms with E-state index in [0.29, 0.717) is 10.6 Å². The second-order valence-electron chi connectivity index (χ2n) is 3.82. The molecule has 0 aliphatic carbocycles. The highest BCUT2D eigenvalue weighted by Gasteiger charge is 2.10. The Labute approximate surface area is 110 Å². The molecule has 4 heteroatoms. The van der Waals surface area contributed by atoms with Crippen LogP contribution in [0.1, 0.15) is 37.0 Å². The molecule has 1 N–H and O–H groups in total. The molecular weight excluding hydrogens is 289 g/mol. The van der Waals surface area contributed by atoms with E-state index < -0.39 is 0 Å². The number of halogens is 2. The van der Waals surface area contributed by atoms with Crippen molar-refractivity contribution >= 4 is 33.4 Å². The molecule has 0 spiro atoms. The van der Waals surface area contributed by atoms with E-state index in [1.807, 2.05) is 6.92 Å². The smallest absolute Gasteiger partial charge is 0.251 e. The fourth-order valence-corrected chi connectivity index (χ4v) is 2.36. The molecule has 0 saturated heterocycles. The predicted molar refractivity (Wildman–Crippen MR) is 71.0 cm³/mol. The van der Waals surface area contributed by atoms with E-state index in [9.17, 15) is 4.79 Å². The van der Waals surface area contributed by atoms with Gasteiger partial charge < -0.3 is 5.32 Å². The van der Waals surface area contributed by atoms with Crippen molar-refractivity contribution in [1.29, 1.82) is 0 Å². The van der Waals surface area contributed by atoms with Gasteiger partial charge in [0, 0.05) is 21.1 Å². The normalized spacial score (nSPS) is 12.2. The minimum atomic E-state index is -0.0795. The molecule has 1 amide bonds. The Morgan fingerprint density at radius 3 is 2.75 bits per heavy atom. The van der Waals surface area contributed by atoms with Gasteiger partial charge in [-0.2, -0.15) is 0 Å². The van der Waals surface area contributed by atoms with E-state index in [-0.39, 0.29) is 11.9 Å². The fourth-order valence-electron chi connectivity index (χ4n) is 1.50. The molecule has 0 aliphatic heterocycles. The standard InChI is InChI=1S/C12H15BrClNO/c1-3-4-8(2)15-12(16)9-5-10(13)7-11(14)6-9/h5-8H,3-4H2,1-2H3,(H,15,16). The zero-order valence-corrected chi connectivity index (χ0v) is 11.7. The van der Waals surface area contributed by atoms with Gasteiger partial charge in [0.15, 0.2) is 0 Å². The molecule has 1 aromatic rings. The van der Waals surface area contributed by atoms with Gasteiger partial charge in [0.25, 0.3) is 5.91 Å². The summed E-state index contributed by atoms with van der Waals surface area (Å²) in [7, 11) is 0. The topological polar surface area (TPSA) is 29.1 Å². The average molecular weight is 305 g/mol. The lowest BCUT2D eigenvalue weighted by atomic mass is 10.1. The van der Waals surface area contributed by atoms with Gasteiger partial charge in [-0.15, -0.1) is 0 Å². The molecule has 1 rings (SSSR count). The van der Waals surface area contributed by atoms with Crippen LogP contribution < -0.4 is 5.32 Å². The molecule has 0 aromatic heterocycles. The summed E-state index contributed by atoms with van der Waals surface area (Å²) in [6.07, 6.45) is 2.04. The SMILES string of the molecule is CCCC(C)NC(=O)c1cc(Cl)cc(Br)c1. The Morgan fingerprint density at radius 2 is 2.19 bits per heavy atom. The van der Waals surface area contributed by atoms with Crippen LogP contribution in [0, 0.1) is 0 Å². The quantitative estimate of drug-likeness (QED) is 0.894. The van der Waals surface area contributed by atoms with Crippen molar-refractivity contribution in [3.8, 4) is 0 Å². The average Bonchev–Trinajstić information content (AvgIpc) is 2.16. The molecule has 1 aromatic carbocycles.